The largest absolute Gasteiger partial charge is 0.707 e. The van der Waals surface area contributed by atoms with E-state index in [9.17, 15) is 0 Å². The maximum Gasteiger partial charge on any atom is 0.707 e. The molecule has 1 rings (SSSR count). The molecule has 1 aromatic carbocycles. The van der Waals surface area contributed by atoms with E-state index >= 15 is 0 Å². The minimum Gasteiger partial charge on any atom is -0.512 e. The molecule has 6 heteroatoms. The molecule has 0 aliphatic heterocycles. The lowest BCUT2D eigenvalue weighted by Crippen LogP contribution is -2.20. The smallest absolute Gasteiger partial charge is 0.512 e. The van der Waals surface area contributed by atoms with Crippen LogP contribution >= 0.6 is 0 Å². The molecule has 0 spiro atoms. The van der Waals surface area contributed by atoms with Gasteiger partial charge in [-0.3, -0.25) is 0 Å². The fourth-order valence-electron chi connectivity index (χ4n) is 1.31. The lowest BCUT2D eigenvalue weighted by molar-refractivity contribution is 0.148. The topological polar surface area (TPSA) is 90.2 Å². The SMILES string of the molecule is CC(O)CCO.Cc1cc(C)cc(OB(O)O)c1. The molecular weight excluding hydrogens is 235 g/mol. The Hall–Kier alpha value is -1.08. The molecule has 4 N–H and O–H groups in total. The van der Waals surface area contributed by atoms with Crippen LogP contribution in [-0.2, 0) is 0 Å². The second kappa shape index (κ2) is 8.94. The molecule has 1 aromatic rings. The van der Waals surface area contributed by atoms with Crippen molar-refractivity contribution in [2.24, 2.45) is 0 Å². The van der Waals surface area contributed by atoms with E-state index in [-0.39, 0.29) is 12.7 Å². The minimum atomic E-state index is -1.74. The third kappa shape index (κ3) is 9.01. The van der Waals surface area contributed by atoms with Gasteiger partial charge < -0.3 is 24.9 Å². The van der Waals surface area contributed by atoms with Crippen molar-refractivity contribution < 1.29 is 24.9 Å². The summed E-state index contributed by atoms with van der Waals surface area (Å²) in [5.41, 5.74) is 2.07. The first-order valence-electron chi connectivity index (χ1n) is 5.75. The molecule has 0 radical (unpaired) electrons. The first-order valence-corrected chi connectivity index (χ1v) is 5.75. The number of aliphatic hydroxyl groups excluding tert-OH is 2. The van der Waals surface area contributed by atoms with Gasteiger partial charge in [0.05, 0.1) is 6.10 Å². The molecule has 0 bridgehead atoms. The van der Waals surface area contributed by atoms with Crippen molar-refractivity contribution in [2.45, 2.75) is 33.3 Å². The average molecular weight is 256 g/mol. The average Bonchev–Trinajstić information content (AvgIpc) is 2.14. The van der Waals surface area contributed by atoms with E-state index in [1.54, 1.807) is 19.1 Å². The zero-order chi connectivity index (χ0) is 14.1. The summed E-state index contributed by atoms with van der Waals surface area (Å²) in [5, 5.41) is 33.5. The van der Waals surface area contributed by atoms with Crippen LogP contribution in [-0.4, -0.2) is 40.3 Å². The Bertz CT molecular complexity index is 321. The first kappa shape index (κ1) is 16.9. The number of hydrogen-bond donors (Lipinski definition) is 4. The Labute approximate surface area is 108 Å². The van der Waals surface area contributed by atoms with Gasteiger partial charge in [0.2, 0.25) is 0 Å². The molecular formula is C12H21BO5. The zero-order valence-corrected chi connectivity index (χ0v) is 11.0. The summed E-state index contributed by atoms with van der Waals surface area (Å²) >= 11 is 0. The van der Waals surface area contributed by atoms with Gasteiger partial charge in [0.25, 0.3) is 0 Å². The van der Waals surface area contributed by atoms with Gasteiger partial charge in [-0.05, 0) is 50.5 Å². The van der Waals surface area contributed by atoms with Crippen molar-refractivity contribution in [1.29, 1.82) is 0 Å². The van der Waals surface area contributed by atoms with E-state index in [1.165, 1.54) is 0 Å². The Morgan fingerprint density at radius 2 is 1.67 bits per heavy atom. The first-order chi connectivity index (χ1) is 8.35. The molecule has 102 valence electrons. The fourth-order valence-corrected chi connectivity index (χ4v) is 1.31. The highest BCUT2D eigenvalue weighted by Crippen LogP contribution is 2.15. The summed E-state index contributed by atoms with van der Waals surface area (Å²) in [4.78, 5) is 0. The van der Waals surface area contributed by atoms with Crippen LogP contribution in [0.5, 0.6) is 5.75 Å². The van der Waals surface area contributed by atoms with Crippen LogP contribution in [0.3, 0.4) is 0 Å². The normalized spacial score (nSPS) is 11.3. The molecule has 0 amide bonds. The third-order valence-corrected chi connectivity index (χ3v) is 1.98. The second-order valence-electron chi connectivity index (χ2n) is 4.13. The number of aryl methyl sites for hydroxylation is 2. The molecule has 0 heterocycles. The van der Waals surface area contributed by atoms with E-state index < -0.39 is 7.32 Å². The van der Waals surface area contributed by atoms with Crippen molar-refractivity contribution in [1.82, 2.24) is 0 Å². The minimum absolute atomic E-state index is 0.0810. The maximum atomic E-state index is 8.52. The highest BCUT2D eigenvalue weighted by Gasteiger charge is 2.10. The Kier molecular flexibility index (Phi) is 8.40. The van der Waals surface area contributed by atoms with Crippen molar-refractivity contribution >= 4 is 7.32 Å². The van der Waals surface area contributed by atoms with Gasteiger partial charge in [0.15, 0.2) is 0 Å². The lowest BCUT2D eigenvalue weighted by atomic mass is 10.1. The molecule has 0 aromatic heterocycles. The zero-order valence-electron chi connectivity index (χ0n) is 11.0. The molecule has 1 atom stereocenters. The van der Waals surface area contributed by atoms with Gasteiger partial charge in [-0.25, -0.2) is 0 Å². The van der Waals surface area contributed by atoms with Crippen LogP contribution in [0.25, 0.3) is 0 Å². The van der Waals surface area contributed by atoms with E-state index in [0.717, 1.165) is 11.1 Å². The molecule has 5 nitrogen and oxygen atoms in total. The van der Waals surface area contributed by atoms with Crippen LogP contribution in [0.15, 0.2) is 18.2 Å². The monoisotopic (exact) mass is 256 g/mol. The maximum absolute atomic E-state index is 8.52. The van der Waals surface area contributed by atoms with Crippen LogP contribution in [0.2, 0.25) is 0 Å². The van der Waals surface area contributed by atoms with Gasteiger partial charge in [-0.15, -0.1) is 0 Å². The van der Waals surface area contributed by atoms with Gasteiger partial charge in [-0.1, -0.05) is 6.07 Å². The summed E-state index contributed by atoms with van der Waals surface area (Å²) in [7, 11) is -1.74. The van der Waals surface area contributed by atoms with Crippen LogP contribution in [0.1, 0.15) is 24.5 Å². The molecule has 1 unspecified atom stereocenters. The molecule has 0 aliphatic rings. The summed E-state index contributed by atoms with van der Waals surface area (Å²) in [6.45, 7) is 5.57. The summed E-state index contributed by atoms with van der Waals surface area (Å²) in [6, 6.07) is 5.47. The quantitative estimate of drug-likeness (QED) is 0.585. The third-order valence-electron chi connectivity index (χ3n) is 1.98. The highest BCUT2D eigenvalue weighted by atomic mass is 16.6. The lowest BCUT2D eigenvalue weighted by Gasteiger charge is -2.06. The molecule has 0 fully saturated rings. The predicted molar refractivity (Wildman–Crippen MR) is 70.1 cm³/mol. The number of hydrogen-bond acceptors (Lipinski definition) is 5. The number of rotatable bonds is 4. The molecule has 18 heavy (non-hydrogen) atoms. The second-order valence-corrected chi connectivity index (χ2v) is 4.13. The summed E-state index contributed by atoms with van der Waals surface area (Å²) < 4.78 is 4.69. The van der Waals surface area contributed by atoms with E-state index in [1.807, 2.05) is 19.9 Å². The van der Waals surface area contributed by atoms with Crippen molar-refractivity contribution in [3.8, 4) is 5.75 Å². The Balaban J connectivity index is 0.000000411. The van der Waals surface area contributed by atoms with Crippen molar-refractivity contribution in [3.05, 3.63) is 29.3 Å². The van der Waals surface area contributed by atoms with Crippen LogP contribution in [0, 0.1) is 13.8 Å². The molecule has 0 aliphatic carbocycles. The highest BCUT2D eigenvalue weighted by molar-refractivity contribution is 6.33. The number of benzene rings is 1. The van der Waals surface area contributed by atoms with Gasteiger partial charge in [0, 0.05) is 6.61 Å². The predicted octanol–water partition coefficient (Wildman–Crippen LogP) is 0.401. The van der Waals surface area contributed by atoms with E-state index in [4.69, 9.17) is 20.3 Å². The van der Waals surface area contributed by atoms with Crippen LogP contribution in [0.4, 0.5) is 0 Å². The summed E-state index contributed by atoms with van der Waals surface area (Å²) in [6.07, 6.45) is 0.134. The van der Waals surface area contributed by atoms with Gasteiger partial charge in [0.1, 0.15) is 5.75 Å². The van der Waals surface area contributed by atoms with E-state index in [2.05, 4.69) is 4.65 Å². The van der Waals surface area contributed by atoms with Gasteiger partial charge in [-0.2, -0.15) is 0 Å². The number of aliphatic hydroxyl groups is 2. The Morgan fingerprint density at radius 1 is 1.17 bits per heavy atom. The molecule has 0 saturated heterocycles. The Morgan fingerprint density at radius 3 is 1.94 bits per heavy atom. The fraction of sp³-hybridized carbons (Fsp3) is 0.500. The van der Waals surface area contributed by atoms with Gasteiger partial charge >= 0.3 is 7.32 Å². The molecule has 0 saturated carbocycles. The van der Waals surface area contributed by atoms with Crippen molar-refractivity contribution in [2.75, 3.05) is 6.61 Å². The standard InChI is InChI=1S/C8H11BO3.C4H10O2/c1-6-3-7(2)5-8(4-6)12-9(10)11;1-4(6)2-3-5/h3-5,10-11H,1-2H3;4-6H,2-3H2,1H3. The van der Waals surface area contributed by atoms with E-state index in [0.29, 0.717) is 12.2 Å². The summed E-state index contributed by atoms with van der Waals surface area (Å²) in [5.74, 6) is 0.475. The van der Waals surface area contributed by atoms with Crippen LogP contribution < -0.4 is 4.65 Å². The van der Waals surface area contributed by atoms with Crippen molar-refractivity contribution in [3.63, 3.8) is 0 Å².